The van der Waals surface area contributed by atoms with Crippen molar-refractivity contribution in [1.82, 2.24) is 4.57 Å². The summed E-state index contributed by atoms with van der Waals surface area (Å²) < 4.78 is 12.6. The molecule has 6 heteroatoms. The fourth-order valence-corrected chi connectivity index (χ4v) is 4.64. The van der Waals surface area contributed by atoms with Crippen LogP contribution in [0.25, 0.3) is 33.3 Å². The Labute approximate surface area is 207 Å². The molecule has 2 heterocycles. The smallest absolute Gasteiger partial charge is 0.244 e. The largest absolute Gasteiger partial charge is 0.454 e. The van der Waals surface area contributed by atoms with Gasteiger partial charge in [-0.15, -0.1) is 0 Å². The minimum Gasteiger partial charge on any atom is -0.454 e. The van der Waals surface area contributed by atoms with Crippen LogP contribution in [0.5, 0.6) is 11.5 Å². The topological polar surface area (TPSA) is 76.3 Å². The van der Waals surface area contributed by atoms with Gasteiger partial charge in [0.05, 0.1) is 11.6 Å². The third kappa shape index (κ3) is 3.93. The van der Waals surface area contributed by atoms with E-state index in [0.717, 1.165) is 32.8 Å². The van der Waals surface area contributed by atoms with Crippen LogP contribution in [0.3, 0.4) is 0 Å². The molecule has 1 aromatic heterocycles. The van der Waals surface area contributed by atoms with Crippen molar-refractivity contribution >= 4 is 44.9 Å². The molecule has 0 spiro atoms. The van der Waals surface area contributed by atoms with Gasteiger partial charge in [-0.25, -0.2) is 0 Å². The van der Waals surface area contributed by atoms with Crippen LogP contribution in [0.1, 0.15) is 11.1 Å². The minimum atomic E-state index is -0.167. The van der Waals surface area contributed by atoms with Crippen LogP contribution in [0.4, 0.5) is 5.69 Å². The fourth-order valence-electron chi connectivity index (χ4n) is 4.64. The molecule has 0 saturated carbocycles. The van der Waals surface area contributed by atoms with Gasteiger partial charge in [-0.2, -0.15) is 5.26 Å². The van der Waals surface area contributed by atoms with Crippen LogP contribution in [0.2, 0.25) is 0 Å². The Morgan fingerprint density at radius 3 is 2.61 bits per heavy atom. The fraction of sp³-hybridized carbons (Fsp3) is 0.0667. The van der Waals surface area contributed by atoms with E-state index >= 15 is 0 Å². The van der Waals surface area contributed by atoms with Crippen molar-refractivity contribution in [2.24, 2.45) is 0 Å². The Morgan fingerprint density at radius 2 is 1.72 bits per heavy atom. The Balaban J connectivity index is 1.33. The molecule has 36 heavy (non-hydrogen) atoms. The van der Waals surface area contributed by atoms with Gasteiger partial charge in [-0.05, 0) is 35.0 Å². The maximum atomic E-state index is 12.9. The van der Waals surface area contributed by atoms with E-state index in [4.69, 9.17) is 9.47 Å². The third-order valence-corrected chi connectivity index (χ3v) is 6.29. The maximum absolute atomic E-state index is 12.9. The normalized spacial score (nSPS) is 12.6. The van der Waals surface area contributed by atoms with Gasteiger partial charge in [0.1, 0.15) is 6.54 Å². The van der Waals surface area contributed by atoms with E-state index < -0.39 is 0 Å². The van der Waals surface area contributed by atoms with Crippen LogP contribution in [0, 0.1) is 11.3 Å². The maximum Gasteiger partial charge on any atom is 0.244 e. The van der Waals surface area contributed by atoms with E-state index in [9.17, 15) is 10.1 Å². The molecule has 4 aromatic carbocycles. The molecule has 1 amide bonds. The summed E-state index contributed by atoms with van der Waals surface area (Å²) in [5, 5.41) is 16.1. The van der Waals surface area contributed by atoms with Crippen molar-refractivity contribution in [3.05, 3.63) is 102 Å². The number of rotatable bonds is 5. The lowest BCUT2D eigenvalue weighted by molar-refractivity contribution is -0.116. The van der Waals surface area contributed by atoms with Crippen molar-refractivity contribution in [2.75, 3.05) is 12.1 Å². The van der Waals surface area contributed by atoms with Crippen molar-refractivity contribution in [3.63, 3.8) is 0 Å². The first kappa shape index (κ1) is 21.5. The van der Waals surface area contributed by atoms with Gasteiger partial charge in [0.15, 0.2) is 11.5 Å². The zero-order chi connectivity index (χ0) is 24.5. The molecule has 1 aliphatic rings. The molecule has 6 nitrogen and oxygen atoms in total. The standard InChI is InChI=1S/C30H21N3O3/c31-16-21(25-10-5-7-20-6-1-2-8-24(20)25)14-22-17-33(27-11-4-3-9-26(22)27)18-30(34)32-23-12-13-28-29(15-23)36-19-35-28/h1-15,17H,18-19H2,(H,32,34)/b21-14+. The number of allylic oxidation sites excluding steroid dienone is 1. The lowest BCUT2D eigenvalue weighted by Crippen LogP contribution is -2.18. The Kier molecular flexibility index (Phi) is 5.36. The Bertz CT molecular complexity index is 1700. The van der Waals surface area contributed by atoms with E-state index in [0.29, 0.717) is 22.8 Å². The summed E-state index contributed by atoms with van der Waals surface area (Å²) in [4.78, 5) is 12.9. The van der Waals surface area contributed by atoms with E-state index in [1.165, 1.54) is 0 Å². The number of benzene rings is 4. The van der Waals surface area contributed by atoms with Crippen molar-refractivity contribution in [2.45, 2.75) is 6.54 Å². The van der Waals surface area contributed by atoms with Gasteiger partial charge < -0.3 is 19.4 Å². The molecular weight excluding hydrogens is 450 g/mol. The molecule has 0 bridgehead atoms. The number of hydrogen-bond acceptors (Lipinski definition) is 4. The van der Waals surface area contributed by atoms with E-state index in [1.54, 1.807) is 18.2 Å². The number of ether oxygens (including phenoxy) is 2. The van der Waals surface area contributed by atoms with Gasteiger partial charge in [-0.1, -0.05) is 60.7 Å². The lowest BCUT2D eigenvalue weighted by Gasteiger charge is -2.08. The van der Waals surface area contributed by atoms with Gasteiger partial charge in [-0.3, -0.25) is 4.79 Å². The predicted octanol–water partition coefficient (Wildman–Crippen LogP) is 6.23. The number of nitriles is 1. The highest BCUT2D eigenvalue weighted by atomic mass is 16.7. The highest BCUT2D eigenvalue weighted by Gasteiger charge is 2.16. The number of carbonyl (C=O) groups is 1. The Morgan fingerprint density at radius 1 is 0.944 bits per heavy atom. The SMILES string of the molecule is N#C/C(=C\c1cn(CC(=O)Nc2ccc3c(c2)OCO3)c2ccccc12)c1cccc2ccccc12. The van der Waals surface area contributed by atoms with Crippen molar-refractivity contribution in [3.8, 4) is 17.6 Å². The molecule has 0 fully saturated rings. The van der Waals surface area contributed by atoms with Gasteiger partial charge in [0.2, 0.25) is 12.7 Å². The predicted molar refractivity (Wildman–Crippen MR) is 141 cm³/mol. The summed E-state index contributed by atoms with van der Waals surface area (Å²) in [7, 11) is 0. The highest BCUT2D eigenvalue weighted by Crippen LogP contribution is 2.34. The minimum absolute atomic E-state index is 0.124. The number of carbonyl (C=O) groups excluding carboxylic acids is 1. The summed E-state index contributed by atoms with van der Waals surface area (Å²) in [6.07, 6.45) is 3.82. The highest BCUT2D eigenvalue weighted by molar-refractivity contribution is 6.04. The molecule has 0 unspecified atom stereocenters. The third-order valence-electron chi connectivity index (χ3n) is 6.29. The number of nitrogens with one attached hydrogen (secondary N) is 1. The Hall–Kier alpha value is -5.02. The van der Waals surface area contributed by atoms with Crippen LogP contribution in [-0.2, 0) is 11.3 Å². The number of nitrogens with zero attached hydrogens (tertiary/aromatic N) is 2. The van der Waals surface area contributed by atoms with Crippen molar-refractivity contribution in [1.29, 1.82) is 5.26 Å². The van der Waals surface area contributed by atoms with Gasteiger partial charge in [0, 0.05) is 40.0 Å². The summed E-state index contributed by atoms with van der Waals surface area (Å²) in [6.45, 7) is 0.306. The second-order valence-electron chi connectivity index (χ2n) is 8.54. The van der Waals surface area contributed by atoms with E-state index in [2.05, 4.69) is 11.4 Å². The molecule has 174 valence electrons. The second-order valence-corrected chi connectivity index (χ2v) is 8.54. The van der Waals surface area contributed by atoms with Crippen LogP contribution in [0.15, 0.2) is 91.1 Å². The molecule has 6 rings (SSSR count). The van der Waals surface area contributed by atoms with Crippen LogP contribution in [-0.4, -0.2) is 17.3 Å². The summed E-state index contributed by atoms with van der Waals surface area (Å²) in [6, 6.07) is 29.6. The lowest BCUT2D eigenvalue weighted by atomic mass is 9.97. The number of aromatic nitrogens is 1. The molecular formula is C30H21N3O3. The molecule has 0 saturated heterocycles. The zero-order valence-electron chi connectivity index (χ0n) is 19.3. The summed E-state index contributed by atoms with van der Waals surface area (Å²) >= 11 is 0. The molecule has 5 aromatic rings. The molecule has 1 N–H and O–H groups in total. The number of hydrogen-bond donors (Lipinski definition) is 1. The number of amides is 1. The summed E-state index contributed by atoms with van der Waals surface area (Å²) in [5.74, 6) is 1.11. The first-order chi connectivity index (χ1) is 17.7. The average molecular weight is 472 g/mol. The quantitative estimate of drug-likeness (QED) is 0.309. The monoisotopic (exact) mass is 471 g/mol. The first-order valence-electron chi connectivity index (χ1n) is 11.6. The van der Waals surface area contributed by atoms with Gasteiger partial charge in [0.25, 0.3) is 0 Å². The average Bonchev–Trinajstić information content (AvgIpc) is 3.51. The first-order valence-corrected chi connectivity index (χ1v) is 11.6. The van der Waals surface area contributed by atoms with E-state index in [1.807, 2.05) is 83.6 Å². The molecule has 0 aliphatic carbocycles. The van der Waals surface area contributed by atoms with E-state index in [-0.39, 0.29) is 19.2 Å². The number of anilines is 1. The van der Waals surface area contributed by atoms with Crippen molar-refractivity contribution < 1.29 is 14.3 Å². The zero-order valence-corrected chi connectivity index (χ0v) is 19.3. The number of para-hydroxylation sites is 1. The molecule has 0 atom stereocenters. The molecule has 1 aliphatic heterocycles. The summed E-state index contributed by atoms with van der Waals surface area (Å²) in [5.41, 5.74) is 3.89. The van der Waals surface area contributed by atoms with Crippen LogP contribution >= 0.6 is 0 Å². The van der Waals surface area contributed by atoms with Crippen LogP contribution < -0.4 is 14.8 Å². The van der Waals surface area contributed by atoms with Gasteiger partial charge >= 0.3 is 0 Å². The number of fused-ring (bicyclic) bond motifs is 3. The molecule has 0 radical (unpaired) electrons. The second kappa shape index (κ2) is 8.97.